The number of hydrogen-bond donors (Lipinski definition) is 0. The molecule has 4 bridgehead atoms. The first kappa shape index (κ1) is 11.5. The van der Waals surface area contributed by atoms with E-state index < -0.39 is 0 Å². The molecule has 4 aliphatic rings. The predicted octanol–water partition coefficient (Wildman–Crippen LogP) is 4.51. The van der Waals surface area contributed by atoms with Gasteiger partial charge in [-0.25, -0.2) is 0 Å². The smallest absolute Gasteiger partial charge is 0.0769 e. The molecule has 0 aromatic heterocycles. The third-order valence-electron chi connectivity index (χ3n) is 5.96. The Bertz CT molecular complexity index is 475. The molecule has 0 amide bonds. The summed E-state index contributed by atoms with van der Waals surface area (Å²) in [5.74, 6) is 2.89. The topological polar surface area (TPSA) is 23.8 Å². The van der Waals surface area contributed by atoms with Crippen molar-refractivity contribution in [3.63, 3.8) is 0 Å². The molecule has 0 aliphatic heterocycles. The monoisotopic (exact) mass is 251 g/mol. The van der Waals surface area contributed by atoms with Gasteiger partial charge in [0.2, 0.25) is 0 Å². The molecular weight excluding hydrogens is 230 g/mol. The Morgan fingerprint density at radius 2 is 1.47 bits per heavy atom. The van der Waals surface area contributed by atoms with Gasteiger partial charge in [-0.3, -0.25) is 0 Å². The highest BCUT2D eigenvalue weighted by Gasteiger charge is 2.54. The maximum atomic E-state index is 9.79. The van der Waals surface area contributed by atoms with Crippen LogP contribution < -0.4 is 0 Å². The number of hydrogen-bond acceptors (Lipinski definition) is 1. The van der Waals surface area contributed by atoms with Crippen LogP contribution in [-0.4, -0.2) is 0 Å². The Labute approximate surface area is 115 Å². The minimum atomic E-state index is 0.127. The Kier molecular flexibility index (Phi) is 2.49. The molecule has 0 N–H and O–H groups in total. The van der Waals surface area contributed by atoms with E-state index in [0.717, 1.165) is 17.8 Å². The Balaban J connectivity index is 1.72. The van der Waals surface area contributed by atoms with E-state index in [1.54, 1.807) is 0 Å². The molecule has 4 fully saturated rings. The van der Waals surface area contributed by atoms with Crippen molar-refractivity contribution in [1.82, 2.24) is 0 Å². The molecule has 0 heterocycles. The van der Waals surface area contributed by atoms with E-state index >= 15 is 0 Å². The van der Waals surface area contributed by atoms with Gasteiger partial charge < -0.3 is 0 Å². The van der Waals surface area contributed by atoms with Crippen molar-refractivity contribution in [2.45, 2.75) is 44.4 Å². The van der Waals surface area contributed by atoms with Gasteiger partial charge in [0.05, 0.1) is 12.0 Å². The van der Waals surface area contributed by atoms with Gasteiger partial charge in [0, 0.05) is 0 Å². The Hall–Kier alpha value is -1.29. The second kappa shape index (κ2) is 4.10. The highest BCUT2D eigenvalue weighted by Crippen LogP contribution is 2.64. The van der Waals surface area contributed by atoms with Crippen LogP contribution in [0.5, 0.6) is 0 Å². The second-order valence-corrected chi connectivity index (χ2v) is 7.25. The van der Waals surface area contributed by atoms with Crippen LogP contribution in [0.3, 0.4) is 0 Å². The fourth-order valence-electron chi connectivity index (χ4n) is 5.74. The maximum absolute atomic E-state index is 9.79. The lowest BCUT2D eigenvalue weighted by Gasteiger charge is -2.58. The van der Waals surface area contributed by atoms with E-state index in [4.69, 9.17) is 0 Å². The molecule has 1 nitrogen and oxygen atoms in total. The molecule has 1 aromatic carbocycles. The van der Waals surface area contributed by atoms with Crippen molar-refractivity contribution < 1.29 is 0 Å². The van der Waals surface area contributed by atoms with Gasteiger partial charge in [0.1, 0.15) is 0 Å². The van der Waals surface area contributed by atoms with Gasteiger partial charge in [-0.15, -0.1) is 0 Å². The first-order chi connectivity index (χ1) is 9.29. The summed E-state index contributed by atoms with van der Waals surface area (Å²) in [5.41, 5.74) is 1.57. The molecular formula is C18H21N. The molecule has 19 heavy (non-hydrogen) atoms. The summed E-state index contributed by atoms with van der Waals surface area (Å²) < 4.78 is 0. The fourth-order valence-corrected chi connectivity index (χ4v) is 5.74. The molecule has 0 spiro atoms. The lowest BCUT2D eigenvalue weighted by molar-refractivity contribution is -0.0594. The first-order valence-electron chi connectivity index (χ1n) is 7.74. The first-order valence-corrected chi connectivity index (χ1v) is 7.74. The molecule has 1 atom stereocenters. The van der Waals surface area contributed by atoms with Crippen LogP contribution >= 0.6 is 0 Å². The van der Waals surface area contributed by atoms with E-state index in [2.05, 4.69) is 36.4 Å². The second-order valence-electron chi connectivity index (χ2n) is 7.25. The zero-order chi connectivity index (χ0) is 12.9. The summed E-state index contributed by atoms with van der Waals surface area (Å²) in [5, 5.41) is 9.79. The summed E-state index contributed by atoms with van der Waals surface area (Å²) in [4.78, 5) is 0. The van der Waals surface area contributed by atoms with Crippen molar-refractivity contribution >= 4 is 0 Å². The standard InChI is InChI=1S/C18H21N/c19-12-17(16-4-2-1-3-5-16)18-9-13-6-14(10-18)8-15(7-13)11-18/h1-5,13-15,17H,6-11H2. The van der Waals surface area contributed by atoms with E-state index in [1.165, 1.54) is 44.1 Å². The summed E-state index contributed by atoms with van der Waals surface area (Å²) >= 11 is 0. The number of rotatable bonds is 2. The SMILES string of the molecule is N#CC(c1ccccc1)C12CC3CC(CC(C3)C1)C2. The van der Waals surface area contributed by atoms with Crippen LogP contribution in [0, 0.1) is 34.5 Å². The van der Waals surface area contributed by atoms with Gasteiger partial charge in [0.25, 0.3) is 0 Å². The molecule has 5 rings (SSSR count). The van der Waals surface area contributed by atoms with Crippen molar-refractivity contribution in [3.05, 3.63) is 35.9 Å². The molecule has 1 aromatic rings. The highest BCUT2D eigenvalue weighted by molar-refractivity contribution is 5.29. The van der Waals surface area contributed by atoms with Crippen LogP contribution in [0.4, 0.5) is 0 Å². The maximum Gasteiger partial charge on any atom is 0.0769 e. The van der Waals surface area contributed by atoms with Gasteiger partial charge in [-0.1, -0.05) is 30.3 Å². The lowest BCUT2D eigenvalue weighted by atomic mass is 9.46. The zero-order valence-corrected chi connectivity index (χ0v) is 11.4. The minimum absolute atomic E-state index is 0.127. The van der Waals surface area contributed by atoms with Crippen LogP contribution in [0.25, 0.3) is 0 Å². The fraction of sp³-hybridized carbons (Fsp3) is 0.611. The number of nitriles is 1. The van der Waals surface area contributed by atoms with Gasteiger partial charge in [0.15, 0.2) is 0 Å². The van der Waals surface area contributed by atoms with Crippen molar-refractivity contribution in [3.8, 4) is 6.07 Å². The van der Waals surface area contributed by atoms with Crippen molar-refractivity contribution in [2.24, 2.45) is 23.2 Å². The van der Waals surface area contributed by atoms with Crippen LogP contribution in [0.15, 0.2) is 30.3 Å². The molecule has 4 saturated carbocycles. The predicted molar refractivity (Wildman–Crippen MR) is 75.4 cm³/mol. The van der Waals surface area contributed by atoms with Crippen LogP contribution in [-0.2, 0) is 0 Å². The van der Waals surface area contributed by atoms with Gasteiger partial charge >= 0.3 is 0 Å². The van der Waals surface area contributed by atoms with Gasteiger partial charge in [-0.2, -0.15) is 5.26 Å². The summed E-state index contributed by atoms with van der Waals surface area (Å²) in [6, 6.07) is 13.2. The van der Waals surface area contributed by atoms with Crippen LogP contribution in [0.2, 0.25) is 0 Å². The summed E-state index contributed by atoms with van der Waals surface area (Å²) in [7, 11) is 0. The largest absolute Gasteiger partial charge is 0.198 e. The normalized spacial score (nSPS) is 40.9. The minimum Gasteiger partial charge on any atom is -0.198 e. The van der Waals surface area contributed by atoms with E-state index in [1.807, 2.05) is 0 Å². The third-order valence-corrected chi connectivity index (χ3v) is 5.96. The molecule has 0 radical (unpaired) electrons. The van der Waals surface area contributed by atoms with Crippen LogP contribution in [0.1, 0.15) is 50.0 Å². The summed E-state index contributed by atoms with van der Waals surface area (Å²) in [6.07, 6.45) is 8.29. The molecule has 1 unspecified atom stereocenters. The lowest BCUT2D eigenvalue weighted by Crippen LogP contribution is -2.48. The Morgan fingerprint density at radius 1 is 0.947 bits per heavy atom. The molecule has 4 aliphatic carbocycles. The van der Waals surface area contributed by atoms with E-state index in [-0.39, 0.29) is 5.92 Å². The molecule has 0 saturated heterocycles. The van der Waals surface area contributed by atoms with E-state index in [9.17, 15) is 5.26 Å². The number of benzene rings is 1. The van der Waals surface area contributed by atoms with Crippen molar-refractivity contribution in [1.29, 1.82) is 5.26 Å². The average molecular weight is 251 g/mol. The Morgan fingerprint density at radius 3 is 1.95 bits per heavy atom. The quantitative estimate of drug-likeness (QED) is 0.758. The molecule has 98 valence electrons. The van der Waals surface area contributed by atoms with Crippen molar-refractivity contribution in [2.75, 3.05) is 0 Å². The van der Waals surface area contributed by atoms with E-state index in [0.29, 0.717) is 5.41 Å². The summed E-state index contributed by atoms with van der Waals surface area (Å²) in [6.45, 7) is 0. The van der Waals surface area contributed by atoms with Gasteiger partial charge in [-0.05, 0) is 67.3 Å². The number of nitrogens with zero attached hydrogens (tertiary/aromatic N) is 1. The third kappa shape index (κ3) is 1.73. The average Bonchev–Trinajstić information content (AvgIpc) is 2.38. The highest BCUT2D eigenvalue weighted by atomic mass is 14.6. The zero-order valence-electron chi connectivity index (χ0n) is 11.4. The molecule has 1 heteroatoms.